The lowest BCUT2D eigenvalue weighted by molar-refractivity contribution is 0.0693. The predicted octanol–water partition coefficient (Wildman–Crippen LogP) is 1.96. The minimum atomic E-state index is -3.98. The molecule has 0 fully saturated rings. The first-order chi connectivity index (χ1) is 9.70. The molecule has 0 atom stereocenters. The molecule has 0 spiro atoms. The number of hydrogen-bond acceptors (Lipinski definition) is 6. The molecule has 1 heterocycles. The van der Waals surface area contributed by atoms with Gasteiger partial charge in [0.25, 0.3) is 10.0 Å². The van der Waals surface area contributed by atoms with Gasteiger partial charge in [0.1, 0.15) is 11.3 Å². The fourth-order valence-corrected chi connectivity index (χ4v) is 3.90. The van der Waals surface area contributed by atoms with E-state index in [9.17, 15) is 18.3 Å². The normalized spacial score (nSPS) is 11.3. The number of thiazole rings is 1. The van der Waals surface area contributed by atoms with Crippen LogP contribution in [0.3, 0.4) is 0 Å². The third kappa shape index (κ3) is 3.14. The van der Waals surface area contributed by atoms with E-state index in [2.05, 4.69) is 9.71 Å². The molecule has 112 valence electrons. The Morgan fingerprint density at radius 3 is 2.52 bits per heavy atom. The highest BCUT2D eigenvalue weighted by Crippen LogP contribution is 2.27. The average molecular weight is 328 g/mol. The topological polar surface area (TPSA) is 117 Å². The van der Waals surface area contributed by atoms with Crippen LogP contribution in [-0.2, 0) is 10.0 Å². The van der Waals surface area contributed by atoms with Gasteiger partial charge in [-0.3, -0.25) is 4.72 Å². The predicted molar refractivity (Wildman–Crippen MR) is 77.5 cm³/mol. The van der Waals surface area contributed by atoms with Crippen LogP contribution in [0.4, 0.5) is 5.13 Å². The molecule has 2 rings (SSSR count). The van der Waals surface area contributed by atoms with Crippen LogP contribution in [0, 0.1) is 13.8 Å². The molecule has 1 aromatic heterocycles. The first-order valence-electron chi connectivity index (χ1n) is 5.72. The van der Waals surface area contributed by atoms with Crippen molar-refractivity contribution in [1.29, 1.82) is 0 Å². The Balaban J connectivity index is 2.49. The summed E-state index contributed by atoms with van der Waals surface area (Å²) in [4.78, 5) is 14.8. The molecular weight excluding hydrogens is 316 g/mol. The summed E-state index contributed by atoms with van der Waals surface area (Å²) in [6.07, 6.45) is 0. The van der Waals surface area contributed by atoms with E-state index >= 15 is 0 Å². The molecule has 0 saturated heterocycles. The molecule has 7 nitrogen and oxygen atoms in total. The van der Waals surface area contributed by atoms with Gasteiger partial charge in [-0.05, 0) is 31.5 Å². The fourth-order valence-electron chi connectivity index (χ4n) is 1.70. The zero-order valence-electron chi connectivity index (χ0n) is 11.1. The molecule has 21 heavy (non-hydrogen) atoms. The maximum atomic E-state index is 12.3. The van der Waals surface area contributed by atoms with Gasteiger partial charge < -0.3 is 10.2 Å². The summed E-state index contributed by atoms with van der Waals surface area (Å²) in [5, 5.41) is 20.4. The van der Waals surface area contributed by atoms with E-state index in [0.29, 0.717) is 5.69 Å². The highest BCUT2D eigenvalue weighted by Gasteiger charge is 2.22. The summed E-state index contributed by atoms with van der Waals surface area (Å²) in [7, 11) is -3.98. The maximum Gasteiger partial charge on any atom is 0.339 e. The molecule has 0 aliphatic heterocycles. The number of aromatic carboxylic acids is 1. The van der Waals surface area contributed by atoms with Crippen LogP contribution in [0.15, 0.2) is 22.4 Å². The van der Waals surface area contributed by atoms with Crippen molar-refractivity contribution >= 4 is 32.5 Å². The van der Waals surface area contributed by atoms with E-state index in [-0.39, 0.29) is 15.6 Å². The van der Waals surface area contributed by atoms with E-state index in [1.165, 1.54) is 6.92 Å². The molecule has 9 heteroatoms. The highest BCUT2D eigenvalue weighted by atomic mass is 32.2. The van der Waals surface area contributed by atoms with Gasteiger partial charge in [-0.25, -0.2) is 18.2 Å². The van der Waals surface area contributed by atoms with Gasteiger partial charge in [0, 0.05) is 5.38 Å². The lowest BCUT2D eigenvalue weighted by Crippen LogP contribution is -2.15. The standard InChI is InChI=1S/C12H12N2O5S2/c1-6-3-9(15)8(11(16)17)4-10(6)21(18,19)14-12-13-7(2)5-20-12/h3-5,15H,1-2H3,(H,13,14)(H,16,17). The zero-order valence-corrected chi connectivity index (χ0v) is 12.7. The number of anilines is 1. The second-order valence-corrected chi connectivity index (χ2v) is 6.85. The van der Waals surface area contributed by atoms with Crippen molar-refractivity contribution in [3.63, 3.8) is 0 Å². The van der Waals surface area contributed by atoms with Gasteiger partial charge in [-0.15, -0.1) is 11.3 Å². The molecule has 0 amide bonds. The van der Waals surface area contributed by atoms with Gasteiger partial charge in [-0.2, -0.15) is 0 Å². The Morgan fingerprint density at radius 1 is 1.33 bits per heavy atom. The Labute approximate surface area is 125 Å². The third-order valence-corrected chi connectivity index (χ3v) is 5.14. The minimum absolute atomic E-state index is 0.192. The molecule has 3 N–H and O–H groups in total. The van der Waals surface area contributed by atoms with Gasteiger partial charge in [0.05, 0.1) is 10.6 Å². The van der Waals surface area contributed by atoms with Crippen LogP contribution < -0.4 is 4.72 Å². The van der Waals surface area contributed by atoms with E-state index in [1.54, 1.807) is 12.3 Å². The van der Waals surface area contributed by atoms with E-state index < -0.39 is 27.3 Å². The number of carboxylic acid groups (broad SMARTS) is 1. The number of phenols is 1. The lowest BCUT2D eigenvalue weighted by atomic mass is 10.1. The van der Waals surface area contributed by atoms with Gasteiger partial charge >= 0.3 is 5.97 Å². The van der Waals surface area contributed by atoms with Crippen LogP contribution in [0.2, 0.25) is 0 Å². The summed E-state index contributed by atoms with van der Waals surface area (Å²) in [5.74, 6) is -1.89. The molecule has 0 radical (unpaired) electrons. The van der Waals surface area contributed by atoms with Crippen molar-refractivity contribution < 1.29 is 23.4 Å². The monoisotopic (exact) mass is 328 g/mol. The number of carboxylic acids is 1. The van der Waals surface area contributed by atoms with Crippen LogP contribution in [0.25, 0.3) is 0 Å². The van der Waals surface area contributed by atoms with Gasteiger partial charge in [0.2, 0.25) is 0 Å². The Kier molecular flexibility index (Phi) is 3.88. The number of sulfonamides is 1. The SMILES string of the molecule is Cc1csc(NS(=O)(=O)c2cc(C(=O)O)c(O)cc2C)n1. The summed E-state index contributed by atoms with van der Waals surface area (Å²) in [6, 6.07) is 2.03. The van der Waals surface area contributed by atoms with Crippen LogP contribution in [-0.4, -0.2) is 29.6 Å². The zero-order chi connectivity index (χ0) is 15.8. The number of hydrogen-bond donors (Lipinski definition) is 3. The number of aromatic hydroxyl groups is 1. The highest BCUT2D eigenvalue weighted by molar-refractivity contribution is 7.93. The van der Waals surface area contributed by atoms with Crippen LogP contribution in [0.5, 0.6) is 5.75 Å². The molecule has 0 bridgehead atoms. The summed E-state index contributed by atoms with van der Waals surface area (Å²) in [6.45, 7) is 3.19. The van der Waals surface area contributed by atoms with E-state index in [4.69, 9.17) is 5.11 Å². The van der Waals surface area contributed by atoms with Crippen molar-refractivity contribution in [2.45, 2.75) is 18.7 Å². The van der Waals surface area contributed by atoms with Gasteiger partial charge in [-0.1, -0.05) is 0 Å². The first-order valence-corrected chi connectivity index (χ1v) is 8.09. The van der Waals surface area contributed by atoms with Crippen LogP contribution in [0.1, 0.15) is 21.6 Å². The number of aryl methyl sites for hydroxylation is 2. The Morgan fingerprint density at radius 2 is 2.00 bits per heavy atom. The third-order valence-electron chi connectivity index (χ3n) is 2.65. The number of nitrogens with zero attached hydrogens (tertiary/aromatic N) is 1. The van der Waals surface area contributed by atoms with Crippen molar-refractivity contribution in [1.82, 2.24) is 4.98 Å². The lowest BCUT2D eigenvalue weighted by Gasteiger charge is -2.10. The molecular formula is C12H12N2O5S2. The van der Waals surface area contributed by atoms with E-state index in [0.717, 1.165) is 23.5 Å². The molecule has 0 saturated carbocycles. The summed E-state index contributed by atoms with van der Waals surface area (Å²) >= 11 is 1.12. The molecule has 2 aromatic rings. The summed E-state index contributed by atoms with van der Waals surface area (Å²) < 4.78 is 26.9. The molecule has 0 aliphatic rings. The van der Waals surface area contributed by atoms with Crippen molar-refractivity contribution in [3.8, 4) is 5.75 Å². The number of rotatable bonds is 4. The average Bonchev–Trinajstić information content (AvgIpc) is 2.72. The molecule has 0 aliphatic carbocycles. The Hall–Kier alpha value is -2.13. The quantitative estimate of drug-likeness (QED) is 0.790. The van der Waals surface area contributed by atoms with Crippen molar-refractivity contribution in [2.24, 2.45) is 0 Å². The molecule has 0 unspecified atom stereocenters. The number of carbonyl (C=O) groups is 1. The van der Waals surface area contributed by atoms with Gasteiger partial charge in [0.15, 0.2) is 5.13 Å². The van der Waals surface area contributed by atoms with Crippen LogP contribution >= 0.6 is 11.3 Å². The minimum Gasteiger partial charge on any atom is -0.507 e. The summed E-state index contributed by atoms with van der Waals surface area (Å²) in [5.41, 5.74) is 0.431. The number of benzene rings is 1. The second kappa shape index (κ2) is 5.34. The fraction of sp³-hybridized carbons (Fsp3) is 0.167. The largest absolute Gasteiger partial charge is 0.507 e. The number of nitrogens with one attached hydrogen (secondary N) is 1. The Bertz CT molecular complexity index is 811. The van der Waals surface area contributed by atoms with E-state index in [1.807, 2.05) is 0 Å². The number of aromatic nitrogens is 1. The van der Waals surface area contributed by atoms with Crippen molar-refractivity contribution in [2.75, 3.05) is 4.72 Å². The smallest absolute Gasteiger partial charge is 0.339 e. The van der Waals surface area contributed by atoms with Crippen molar-refractivity contribution in [3.05, 3.63) is 34.3 Å². The first kappa shape index (κ1) is 15.3. The molecule has 1 aromatic carbocycles. The maximum absolute atomic E-state index is 12.3. The second-order valence-electron chi connectivity index (χ2n) is 4.34.